The highest BCUT2D eigenvalue weighted by molar-refractivity contribution is 7.66. The molecule has 2 fully saturated rings. The highest BCUT2D eigenvalue weighted by Gasteiger charge is 2.48. The number of hydrogen-bond acceptors (Lipinski definition) is 15. The average molecular weight is 561 g/mol. The minimum absolute atomic E-state index is 0.267. The second-order valence-electron chi connectivity index (χ2n) is 8.34. The number of H-pyrrole nitrogens is 1. The summed E-state index contributed by atoms with van der Waals surface area (Å²) in [5, 5.41) is 50.3. The lowest BCUT2D eigenvalue weighted by atomic mass is 9.99. The molecule has 2 aliphatic rings. The smallest absolute Gasteiger partial charge is 0.337 e. The molecule has 36 heavy (non-hydrogen) atoms. The molecule has 0 aliphatic carbocycles. The zero-order valence-corrected chi connectivity index (χ0v) is 20.9. The van der Waals surface area contributed by atoms with Crippen LogP contribution in [0.3, 0.4) is 0 Å². The van der Waals surface area contributed by atoms with Crippen LogP contribution in [0.5, 0.6) is 0 Å². The maximum atomic E-state index is 12.8. The number of ether oxygens (including phenoxy) is 2. The lowest BCUT2D eigenvalue weighted by Gasteiger charge is -2.40. The minimum Gasteiger partial charge on any atom is -0.388 e. The van der Waals surface area contributed by atoms with Crippen LogP contribution in [0.2, 0.25) is 0 Å². The van der Waals surface area contributed by atoms with Crippen molar-refractivity contribution in [1.29, 1.82) is 0 Å². The van der Waals surface area contributed by atoms with Crippen molar-refractivity contribution >= 4 is 15.2 Å². The van der Waals surface area contributed by atoms with Crippen LogP contribution in [0.25, 0.3) is 0 Å². The van der Waals surface area contributed by atoms with E-state index in [9.17, 15) is 44.3 Å². The van der Waals surface area contributed by atoms with E-state index in [1.54, 1.807) is 0 Å². The van der Waals surface area contributed by atoms with Crippen molar-refractivity contribution in [3.63, 3.8) is 0 Å². The molecule has 8 N–H and O–H groups in total. The third-order valence-corrected chi connectivity index (χ3v) is 9.01. The number of aromatic nitrogens is 2. The summed E-state index contributed by atoms with van der Waals surface area (Å²) >= 11 is 0. The number of nitrogens with two attached hydrogens (primary N) is 1. The van der Waals surface area contributed by atoms with E-state index in [0.717, 1.165) is 30.2 Å². The largest absolute Gasteiger partial charge is 0.388 e. The predicted molar refractivity (Wildman–Crippen MR) is 118 cm³/mol. The van der Waals surface area contributed by atoms with Gasteiger partial charge in [-0.2, -0.15) is 0 Å². The minimum atomic E-state index is -4.30. The molecule has 0 radical (unpaired) electrons. The lowest BCUT2D eigenvalue weighted by molar-refractivity contribution is -0.270. The molecule has 0 spiro atoms. The molecule has 1 aromatic heterocycles. The van der Waals surface area contributed by atoms with E-state index in [0.29, 0.717) is 0 Å². The second-order valence-corrected chi connectivity index (χ2v) is 12.5. The third kappa shape index (κ3) is 6.57. The van der Waals surface area contributed by atoms with E-state index >= 15 is 0 Å². The molecule has 206 valence electrons. The van der Waals surface area contributed by atoms with E-state index in [4.69, 9.17) is 28.6 Å². The van der Waals surface area contributed by atoms with Gasteiger partial charge in [0.1, 0.15) is 42.7 Å². The van der Waals surface area contributed by atoms with Gasteiger partial charge in [0.15, 0.2) is 12.5 Å². The standard InChI is InChI=1S/C17H29N3O14P2/c1-35(28,34-36(2,29)33-16-14(26)12(24)10(22)7(5-18)32-16)30-6-8-11(23)13(25)15(31-8)20-4-3-9(21)19-17(20)27/h3-4,7-8,10-16,22-26H,5-6,18H2,1-2H3,(H,19,21,27)/t7?,8?,10-,11+,12-,13+,14?,15?,16+,35?,36?/m0/s1. The normalized spacial score (nSPS) is 38.4. The van der Waals surface area contributed by atoms with Crippen molar-refractivity contribution in [2.24, 2.45) is 5.73 Å². The quantitative estimate of drug-likeness (QED) is 0.145. The fourth-order valence-electron chi connectivity index (χ4n) is 3.63. The molecule has 2 saturated heterocycles. The highest BCUT2D eigenvalue weighted by Crippen LogP contribution is 2.62. The van der Waals surface area contributed by atoms with Gasteiger partial charge in [-0.05, 0) is 0 Å². The van der Waals surface area contributed by atoms with Crippen LogP contribution in [0.1, 0.15) is 6.23 Å². The van der Waals surface area contributed by atoms with E-state index in [1.807, 2.05) is 4.98 Å². The van der Waals surface area contributed by atoms with Crippen LogP contribution in [-0.2, 0) is 32.0 Å². The molecule has 1 aromatic rings. The first-order valence-electron chi connectivity index (χ1n) is 10.6. The SMILES string of the molecule is CP(=O)(OCC1OC(n2ccc(=O)[nH]c2=O)[C@H](O)[C@@H]1O)OP(C)(=O)O[C@H]1OC(CN)[C@H](O)[C@H](O)C1O. The van der Waals surface area contributed by atoms with Gasteiger partial charge in [-0.15, -0.1) is 0 Å². The number of aromatic amines is 1. The van der Waals surface area contributed by atoms with Crippen molar-refractivity contribution < 1.29 is 57.5 Å². The first kappa shape index (κ1) is 29.3. The van der Waals surface area contributed by atoms with Crippen LogP contribution in [0, 0.1) is 0 Å². The summed E-state index contributed by atoms with van der Waals surface area (Å²) in [5.74, 6) is 0. The van der Waals surface area contributed by atoms with Gasteiger partial charge in [-0.1, -0.05) is 0 Å². The number of aliphatic hydroxyl groups excluding tert-OH is 5. The van der Waals surface area contributed by atoms with Gasteiger partial charge < -0.3 is 45.3 Å². The first-order chi connectivity index (χ1) is 16.7. The molecule has 0 aromatic carbocycles. The van der Waals surface area contributed by atoms with Gasteiger partial charge in [0, 0.05) is 32.1 Å². The average Bonchev–Trinajstić information content (AvgIpc) is 3.06. The molecule has 0 bridgehead atoms. The van der Waals surface area contributed by atoms with Gasteiger partial charge >= 0.3 is 20.9 Å². The van der Waals surface area contributed by atoms with Crippen molar-refractivity contribution in [2.45, 2.75) is 55.2 Å². The molecule has 0 amide bonds. The zero-order chi connectivity index (χ0) is 27.0. The Labute approximate surface area is 203 Å². The third-order valence-electron chi connectivity index (χ3n) is 5.43. The topological polar surface area (TPSA) is 262 Å². The van der Waals surface area contributed by atoms with Gasteiger partial charge in [0.05, 0.1) is 6.61 Å². The van der Waals surface area contributed by atoms with Crippen LogP contribution >= 0.6 is 15.2 Å². The predicted octanol–water partition coefficient (Wildman–Crippen LogP) is -3.38. The van der Waals surface area contributed by atoms with Crippen molar-refractivity contribution in [3.05, 3.63) is 33.1 Å². The van der Waals surface area contributed by atoms with Crippen molar-refractivity contribution in [1.82, 2.24) is 9.55 Å². The summed E-state index contributed by atoms with van der Waals surface area (Å²) in [7, 11) is -8.51. The summed E-state index contributed by atoms with van der Waals surface area (Å²) in [6.07, 6.45) is -12.9. The van der Waals surface area contributed by atoms with E-state index < -0.39 is 88.3 Å². The van der Waals surface area contributed by atoms with Gasteiger partial charge in [0.2, 0.25) is 0 Å². The fourth-order valence-corrected chi connectivity index (χ4v) is 7.10. The molecule has 6 unspecified atom stereocenters. The molecular weight excluding hydrogens is 532 g/mol. The number of nitrogens with one attached hydrogen (secondary N) is 1. The van der Waals surface area contributed by atoms with Crippen molar-refractivity contribution in [3.8, 4) is 0 Å². The lowest BCUT2D eigenvalue weighted by Crippen LogP contribution is -2.59. The number of rotatable bonds is 9. The second kappa shape index (κ2) is 11.2. The summed E-state index contributed by atoms with van der Waals surface area (Å²) in [5.41, 5.74) is 3.84. The van der Waals surface area contributed by atoms with Gasteiger partial charge in [0.25, 0.3) is 5.56 Å². The maximum Gasteiger partial charge on any atom is 0.337 e. The fraction of sp³-hybridized carbons (Fsp3) is 0.765. The summed E-state index contributed by atoms with van der Waals surface area (Å²) in [4.78, 5) is 25.2. The highest BCUT2D eigenvalue weighted by atomic mass is 31.3. The Morgan fingerprint density at radius 3 is 2.22 bits per heavy atom. The van der Waals surface area contributed by atoms with Crippen LogP contribution in [0.15, 0.2) is 21.9 Å². The molecule has 3 heterocycles. The molecule has 11 atom stereocenters. The molecular formula is C17H29N3O14P2. The van der Waals surface area contributed by atoms with Crippen LogP contribution in [0.4, 0.5) is 0 Å². The molecule has 0 saturated carbocycles. The van der Waals surface area contributed by atoms with Crippen LogP contribution in [-0.4, -0.2) is 111 Å². The van der Waals surface area contributed by atoms with Crippen LogP contribution < -0.4 is 17.0 Å². The number of hydrogen-bond donors (Lipinski definition) is 7. The Hall–Kier alpha value is -1.30. The maximum absolute atomic E-state index is 12.8. The molecule has 19 heteroatoms. The Morgan fingerprint density at radius 2 is 1.61 bits per heavy atom. The van der Waals surface area contributed by atoms with Gasteiger partial charge in [-0.3, -0.25) is 28.0 Å². The Bertz CT molecular complexity index is 1130. The molecule has 3 rings (SSSR count). The molecule has 2 aliphatic heterocycles. The van der Waals surface area contributed by atoms with E-state index in [2.05, 4.69) is 0 Å². The summed E-state index contributed by atoms with van der Waals surface area (Å²) in [6.45, 7) is 0.897. The van der Waals surface area contributed by atoms with E-state index in [-0.39, 0.29) is 6.54 Å². The van der Waals surface area contributed by atoms with Gasteiger partial charge in [-0.25, -0.2) is 9.11 Å². The Morgan fingerprint density at radius 1 is 0.972 bits per heavy atom. The monoisotopic (exact) mass is 561 g/mol. The van der Waals surface area contributed by atoms with E-state index in [1.165, 1.54) is 0 Å². The molecule has 17 nitrogen and oxygen atoms in total. The first-order valence-corrected chi connectivity index (χ1v) is 14.6. The van der Waals surface area contributed by atoms with Crippen molar-refractivity contribution in [2.75, 3.05) is 26.5 Å². The summed E-state index contributed by atoms with van der Waals surface area (Å²) < 4.78 is 52.2. The number of aliphatic hydroxyl groups is 5. The number of nitrogens with zero attached hydrogens (tertiary/aromatic N) is 1. The summed E-state index contributed by atoms with van der Waals surface area (Å²) in [6, 6.07) is 1.00. The Kier molecular flexibility index (Phi) is 9.11. The zero-order valence-electron chi connectivity index (χ0n) is 19.1. The Balaban J connectivity index is 1.61.